The van der Waals surface area contributed by atoms with Gasteiger partial charge in [-0.2, -0.15) is 5.10 Å². The molecular formula is C16H21N5. The molecule has 0 bridgehead atoms. The topological polar surface area (TPSA) is 67.9 Å². The van der Waals surface area contributed by atoms with Gasteiger partial charge in [-0.1, -0.05) is 26.0 Å². The molecule has 5 nitrogen and oxygen atoms in total. The summed E-state index contributed by atoms with van der Waals surface area (Å²) < 4.78 is 0. The summed E-state index contributed by atoms with van der Waals surface area (Å²) in [6, 6.07) is 6.13. The fraction of sp³-hybridized carbons (Fsp3) is 0.438. The van der Waals surface area contributed by atoms with Crippen LogP contribution >= 0.6 is 0 Å². The van der Waals surface area contributed by atoms with Gasteiger partial charge >= 0.3 is 0 Å². The number of benzene rings is 1. The van der Waals surface area contributed by atoms with E-state index >= 15 is 0 Å². The molecule has 0 spiro atoms. The van der Waals surface area contributed by atoms with E-state index in [1.807, 2.05) is 12.1 Å². The molecule has 0 unspecified atom stereocenters. The highest BCUT2D eigenvalue weighted by molar-refractivity contribution is 5.54. The third-order valence-electron chi connectivity index (χ3n) is 4.09. The molecule has 2 N–H and O–H groups in total. The minimum Gasteiger partial charge on any atom is -0.398 e. The van der Waals surface area contributed by atoms with E-state index in [1.165, 1.54) is 11.1 Å². The van der Waals surface area contributed by atoms with Gasteiger partial charge in [-0.05, 0) is 36.5 Å². The predicted molar refractivity (Wildman–Crippen MR) is 84.2 cm³/mol. The SMILES string of the molecule is CCc1nnc(N2CCc3cccc(N)c3C2)nc1CC. The molecule has 2 heterocycles. The third kappa shape index (κ3) is 2.55. The fourth-order valence-electron chi connectivity index (χ4n) is 2.84. The molecule has 110 valence electrons. The Labute approximate surface area is 125 Å². The highest BCUT2D eigenvalue weighted by Gasteiger charge is 2.21. The largest absolute Gasteiger partial charge is 0.398 e. The second kappa shape index (κ2) is 5.68. The summed E-state index contributed by atoms with van der Waals surface area (Å²) in [6.45, 7) is 5.86. The highest BCUT2D eigenvalue weighted by atomic mass is 15.3. The molecule has 0 atom stereocenters. The van der Waals surface area contributed by atoms with Crippen molar-refractivity contribution in [1.29, 1.82) is 0 Å². The minimum atomic E-state index is 0.720. The molecule has 0 saturated carbocycles. The van der Waals surface area contributed by atoms with Crippen molar-refractivity contribution < 1.29 is 0 Å². The molecule has 0 fully saturated rings. The molecular weight excluding hydrogens is 262 g/mol. The van der Waals surface area contributed by atoms with Gasteiger partial charge in [0.15, 0.2) is 0 Å². The summed E-state index contributed by atoms with van der Waals surface area (Å²) in [7, 11) is 0. The van der Waals surface area contributed by atoms with E-state index in [9.17, 15) is 0 Å². The molecule has 0 saturated heterocycles. The number of rotatable bonds is 3. The molecule has 1 aliphatic heterocycles. The second-order valence-corrected chi connectivity index (χ2v) is 5.37. The van der Waals surface area contributed by atoms with E-state index in [2.05, 4.69) is 35.0 Å². The van der Waals surface area contributed by atoms with Gasteiger partial charge in [0.2, 0.25) is 5.95 Å². The molecule has 5 heteroatoms. The first-order valence-electron chi connectivity index (χ1n) is 7.56. The van der Waals surface area contributed by atoms with Crippen molar-refractivity contribution in [2.75, 3.05) is 17.2 Å². The number of fused-ring (bicyclic) bond motifs is 1. The maximum Gasteiger partial charge on any atom is 0.245 e. The maximum atomic E-state index is 6.10. The Morgan fingerprint density at radius 1 is 1.14 bits per heavy atom. The summed E-state index contributed by atoms with van der Waals surface area (Å²) >= 11 is 0. The van der Waals surface area contributed by atoms with E-state index in [4.69, 9.17) is 10.7 Å². The summed E-state index contributed by atoms with van der Waals surface area (Å²) in [5, 5.41) is 8.64. The predicted octanol–water partition coefficient (Wildman–Crippen LogP) is 2.14. The number of nitrogens with two attached hydrogens (primary N) is 1. The van der Waals surface area contributed by atoms with Crippen molar-refractivity contribution in [3.63, 3.8) is 0 Å². The van der Waals surface area contributed by atoms with Gasteiger partial charge in [0.25, 0.3) is 0 Å². The van der Waals surface area contributed by atoms with Crippen molar-refractivity contribution in [3.05, 3.63) is 40.7 Å². The first-order chi connectivity index (χ1) is 10.2. The Hall–Kier alpha value is -2.17. The van der Waals surface area contributed by atoms with Crippen LogP contribution in [0.5, 0.6) is 0 Å². The Kier molecular flexibility index (Phi) is 3.73. The van der Waals surface area contributed by atoms with Crippen LogP contribution in [0.15, 0.2) is 18.2 Å². The third-order valence-corrected chi connectivity index (χ3v) is 4.09. The molecule has 1 aromatic carbocycles. The molecule has 1 aromatic heterocycles. The van der Waals surface area contributed by atoms with Crippen LogP contribution < -0.4 is 10.6 Å². The lowest BCUT2D eigenvalue weighted by molar-refractivity contribution is 0.685. The lowest BCUT2D eigenvalue weighted by atomic mass is 9.98. The van der Waals surface area contributed by atoms with Gasteiger partial charge < -0.3 is 10.6 Å². The van der Waals surface area contributed by atoms with E-state index in [1.54, 1.807) is 0 Å². The quantitative estimate of drug-likeness (QED) is 0.874. The summed E-state index contributed by atoms with van der Waals surface area (Å²) in [5.74, 6) is 0.720. The summed E-state index contributed by atoms with van der Waals surface area (Å²) in [5.41, 5.74) is 11.5. The van der Waals surface area contributed by atoms with Crippen LogP contribution in [0.4, 0.5) is 11.6 Å². The fourth-order valence-corrected chi connectivity index (χ4v) is 2.84. The Morgan fingerprint density at radius 3 is 2.71 bits per heavy atom. The van der Waals surface area contributed by atoms with Crippen molar-refractivity contribution in [2.24, 2.45) is 0 Å². The van der Waals surface area contributed by atoms with Gasteiger partial charge in [0.1, 0.15) is 0 Å². The average Bonchev–Trinajstić information content (AvgIpc) is 2.54. The molecule has 2 aromatic rings. The van der Waals surface area contributed by atoms with E-state index in [0.717, 1.165) is 55.4 Å². The molecule has 0 radical (unpaired) electrons. The van der Waals surface area contributed by atoms with Crippen molar-refractivity contribution in [2.45, 2.75) is 39.7 Å². The average molecular weight is 283 g/mol. The first kappa shape index (κ1) is 13.8. The van der Waals surface area contributed by atoms with Crippen LogP contribution in [0.3, 0.4) is 0 Å². The number of hydrogen-bond donors (Lipinski definition) is 1. The Morgan fingerprint density at radius 2 is 1.95 bits per heavy atom. The normalized spacial score (nSPS) is 14.1. The van der Waals surface area contributed by atoms with Crippen molar-refractivity contribution in [3.8, 4) is 0 Å². The zero-order chi connectivity index (χ0) is 14.8. The number of aryl methyl sites for hydroxylation is 2. The second-order valence-electron chi connectivity index (χ2n) is 5.37. The molecule has 1 aliphatic rings. The van der Waals surface area contributed by atoms with Crippen LogP contribution in [-0.2, 0) is 25.8 Å². The summed E-state index contributed by atoms with van der Waals surface area (Å²) in [6.07, 6.45) is 2.73. The minimum absolute atomic E-state index is 0.720. The van der Waals surface area contributed by atoms with Crippen LogP contribution in [-0.4, -0.2) is 21.7 Å². The van der Waals surface area contributed by atoms with Gasteiger partial charge in [-0.3, -0.25) is 0 Å². The summed E-state index contributed by atoms with van der Waals surface area (Å²) in [4.78, 5) is 6.87. The van der Waals surface area contributed by atoms with Gasteiger partial charge in [-0.15, -0.1) is 5.10 Å². The zero-order valence-electron chi connectivity index (χ0n) is 12.6. The smallest absolute Gasteiger partial charge is 0.245 e. The molecule has 21 heavy (non-hydrogen) atoms. The van der Waals surface area contributed by atoms with Crippen LogP contribution in [0, 0.1) is 0 Å². The van der Waals surface area contributed by atoms with E-state index in [-0.39, 0.29) is 0 Å². The van der Waals surface area contributed by atoms with Gasteiger partial charge in [0.05, 0.1) is 11.4 Å². The highest BCUT2D eigenvalue weighted by Crippen LogP contribution is 2.26. The number of anilines is 2. The van der Waals surface area contributed by atoms with Gasteiger partial charge in [0, 0.05) is 18.8 Å². The van der Waals surface area contributed by atoms with Crippen LogP contribution in [0.2, 0.25) is 0 Å². The van der Waals surface area contributed by atoms with Crippen molar-refractivity contribution in [1.82, 2.24) is 15.2 Å². The maximum absolute atomic E-state index is 6.10. The standard InChI is InChI=1S/C16H21N5/c1-3-14-15(4-2)19-20-16(18-14)21-9-8-11-6-5-7-13(17)12(11)10-21/h5-7H,3-4,8-10,17H2,1-2H3. The molecule has 0 aliphatic carbocycles. The monoisotopic (exact) mass is 283 g/mol. The van der Waals surface area contributed by atoms with Crippen LogP contribution in [0.25, 0.3) is 0 Å². The first-order valence-corrected chi connectivity index (χ1v) is 7.56. The number of nitrogen functional groups attached to an aromatic ring is 1. The number of aromatic nitrogens is 3. The number of nitrogens with zero attached hydrogens (tertiary/aromatic N) is 4. The number of hydrogen-bond acceptors (Lipinski definition) is 5. The molecule has 3 rings (SSSR count). The molecule has 0 amide bonds. The zero-order valence-corrected chi connectivity index (χ0v) is 12.6. The van der Waals surface area contributed by atoms with E-state index in [0.29, 0.717) is 0 Å². The Balaban J connectivity index is 1.91. The lowest BCUT2D eigenvalue weighted by Crippen LogP contribution is -2.33. The van der Waals surface area contributed by atoms with Gasteiger partial charge in [-0.25, -0.2) is 4.98 Å². The Bertz CT molecular complexity index is 653. The van der Waals surface area contributed by atoms with Crippen LogP contribution in [0.1, 0.15) is 36.4 Å². The van der Waals surface area contributed by atoms with Crippen molar-refractivity contribution >= 4 is 11.6 Å². The lowest BCUT2D eigenvalue weighted by Gasteiger charge is -2.29. The van der Waals surface area contributed by atoms with E-state index < -0.39 is 0 Å².